The molecule has 1 aliphatic rings. The van der Waals surface area contributed by atoms with Gasteiger partial charge in [0.1, 0.15) is 0 Å². The van der Waals surface area contributed by atoms with Crippen LogP contribution in [0.5, 0.6) is 0 Å². The van der Waals surface area contributed by atoms with Crippen LogP contribution in [0.1, 0.15) is 24.2 Å². The fraction of sp³-hybridized carbons (Fsp3) is 0.182. The molecule has 0 radical (unpaired) electrons. The van der Waals surface area contributed by atoms with Crippen molar-refractivity contribution < 1.29 is 24.0 Å². The van der Waals surface area contributed by atoms with Gasteiger partial charge in [0.25, 0.3) is 11.8 Å². The van der Waals surface area contributed by atoms with Gasteiger partial charge in [-0.25, -0.2) is 15.1 Å². The molecule has 0 unspecified atom stereocenters. The first-order valence-corrected chi connectivity index (χ1v) is 10.2. The Morgan fingerprint density at radius 3 is 2.30 bits per heavy atom. The predicted molar refractivity (Wildman–Crippen MR) is 122 cm³/mol. The molecule has 2 aromatic rings. The van der Waals surface area contributed by atoms with Crippen molar-refractivity contribution in [2.45, 2.75) is 13.8 Å². The summed E-state index contributed by atoms with van der Waals surface area (Å²) >= 11 is 5.83. The van der Waals surface area contributed by atoms with Gasteiger partial charge in [0.15, 0.2) is 5.92 Å². The van der Waals surface area contributed by atoms with Crippen LogP contribution in [0.4, 0.5) is 16.2 Å². The van der Waals surface area contributed by atoms with Gasteiger partial charge < -0.3 is 5.32 Å². The van der Waals surface area contributed by atoms with Gasteiger partial charge in [0, 0.05) is 28.4 Å². The number of imide groups is 2. The normalized spacial score (nSPS) is 16.2. The topological polar surface area (TPSA) is 137 Å². The zero-order valence-electron chi connectivity index (χ0n) is 17.7. The van der Waals surface area contributed by atoms with E-state index in [1.54, 1.807) is 26.0 Å². The SMILES string of the molecule is CC(C)C(=O)Nc1ccc(C(=O)N/N=C\[C@@H]2C(=O)NC(=O)N(c3ccc(Cl)cc3)C2=O)cc1. The third kappa shape index (κ3) is 5.60. The van der Waals surface area contributed by atoms with E-state index in [-0.39, 0.29) is 23.1 Å². The lowest BCUT2D eigenvalue weighted by Crippen LogP contribution is -2.58. The van der Waals surface area contributed by atoms with Crippen LogP contribution in [0.3, 0.4) is 0 Å². The summed E-state index contributed by atoms with van der Waals surface area (Å²) in [6, 6.07) is 11.1. The van der Waals surface area contributed by atoms with Crippen molar-refractivity contribution in [3.63, 3.8) is 0 Å². The molecule has 1 atom stereocenters. The molecule has 170 valence electrons. The van der Waals surface area contributed by atoms with E-state index in [0.717, 1.165) is 11.1 Å². The van der Waals surface area contributed by atoms with E-state index in [1.165, 1.54) is 36.4 Å². The van der Waals surface area contributed by atoms with Crippen molar-refractivity contribution >= 4 is 58.9 Å². The third-order valence-corrected chi connectivity index (χ3v) is 4.87. The van der Waals surface area contributed by atoms with Gasteiger partial charge in [-0.1, -0.05) is 25.4 Å². The van der Waals surface area contributed by atoms with Crippen LogP contribution in [-0.4, -0.2) is 35.9 Å². The lowest BCUT2D eigenvalue weighted by Gasteiger charge is -2.28. The number of urea groups is 1. The first-order valence-electron chi connectivity index (χ1n) is 9.86. The molecule has 33 heavy (non-hydrogen) atoms. The molecule has 3 N–H and O–H groups in total. The monoisotopic (exact) mass is 469 g/mol. The van der Waals surface area contributed by atoms with Gasteiger partial charge in [-0.3, -0.25) is 24.5 Å². The maximum atomic E-state index is 12.7. The number of nitrogens with one attached hydrogen (secondary N) is 3. The van der Waals surface area contributed by atoms with E-state index < -0.39 is 29.7 Å². The Morgan fingerprint density at radius 1 is 1.06 bits per heavy atom. The number of hydrogen-bond donors (Lipinski definition) is 3. The van der Waals surface area contributed by atoms with Crippen LogP contribution < -0.4 is 21.0 Å². The number of rotatable bonds is 6. The molecule has 3 rings (SSSR count). The van der Waals surface area contributed by atoms with E-state index in [9.17, 15) is 24.0 Å². The summed E-state index contributed by atoms with van der Waals surface area (Å²) in [6.07, 6.45) is 0.947. The first-order chi connectivity index (χ1) is 15.7. The molecule has 0 aromatic heterocycles. The molecule has 0 saturated carbocycles. The number of amides is 6. The molecule has 1 saturated heterocycles. The molecule has 1 fully saturated rings. The molecule has 1 heterocycles. The van der Waals surface area contributed by atoms with E-state index >= 15 is 0 Å². The Hall–Kier alpha value is -4.05. The second-order valence-corrected chi connectivity index (χ2v) is 7.80. The van der Waals surface area contributed by atoms with E-state index in [2.05, 4.69) is 21.2 Å². The zero-order chi connectivity index (χ0) is 24.1. The van der Waals surface area contributed by atoms with Crippen LogP contribution in [0.25, 0.3) is 0 Å². The second kappa shape index (κ2) is 10.0. The number of hydrazone groups is 1. The molecular formula is C22H20ClN5O5. The number of anilines is 2. The number of halogens is 1. The lowest BCUT2D eigenvalue weighted by atomic mass is 10.1. The number of hydrogen-bond acceptors (Lipinski definition) is 6. The molecular weight excluding hydrogens is 450 g/mol. The highest BCUT2D eigenvalue weighted by molar-refractivity contribution is 6.33. The average molecular weight is 470 g/mol. The summed E-state index contributed by atoms with van der Waals surface area (Å²) in [7, 11) is 0. The highest BCUT2D eigenvalue weighted by atomic mass is 35.5. The number of nitrogens with zero attached hydrogens (tertiary/aromatic N) is 2. The molecule has 0 aliphatic carbocycles. The minimum atomic E-state index is -1.42. The van der Waals surface area contributed by atoms with Crippen LogP contribution >= 0.6 is 11.6 Å². The van der Waals surface area contributed by atoms with Crippen LogP contribution in [0.15, 0.2) is 53.6 Å². The molecule has 1 aliphatic heterocycles. The summed E-state index contributed by atoms with van der Waals surface area (Å²) in [5, 5.41) is 8.90. The largest absolute Gasteiger partial charge is 0.335 e. The van der Waals surface area contributed by atoms with Gasteiger partial charge in [-0.05, 0) is 48.5 Å². The summed E-state index contributed by atoms with van der Waals surface area (Å²) in [6.45, 7) is 3.52. The minimum absolute atomic E-state index is 0.154. The average Bonchev–Trinajstić information content (AvgIpc) is 2.77. The fourth-order valence-corrected chi connectivity index (χ4v) is 2.91. The molecule has 6 amide bonds. The lowest BCUT2D eigenvalue weighted by molar-refractivity contribution is -0.131. The van der Waals surface area contributed by atoms with Gasteiger partial charge in [0.2, 0.25) is 11.8 Å². The molecule has 0 spiro atoms. The Labute approximate surface area is 194 Å². The molecule has 10 nitrogen and oxygen atoms in total. The number of carbonyl (C=O) groups excluding carboxylic acids is 5. The summed E-state index contributed by atoms with van der Waals surface area (Å²) in [4.78, 5) is 61.8. The highest BCUT2D eigenvalue weighted by Gasteiger charge is 2.40. The predicted octanol–water partition coefficient (Wildman–Crippen LogP) is 2.55. The van der Waals surface area contributed by atoms with Crippen LogP contribution in [0, 0.1) is 11.8 Å². The molecule has 2 aromatic carbocycles. The van der Waals surface area contributed by atoms with Gasteiger partial charge >= 0.3 is 6.03 Å². The van der Waals surface area contributed by atoms with Crippen LogP contribution in [0.2, 0.25) is 5.02 Å². The Balaban J connectivity index is 1.65. The minimum Gasteiger partial charge on any atom is -0.326 e. The van der Waals surface area contributed by atoms with Crippen molar-refractivity contribution in [3.05, 3.63) is 59.1 Å². The van der Waals surface area contributed by atoms with Gasteiger partial charge in [0.05, 0.1) is 5.69 Å². The Morgan fingerprint density at radius 2 is 1.70 bits per heavy atom. The van der Waals surface area contributed by atoms with Crippen molar-refractivity contribution in [2.75, 3.05) is 10.2 Å². The van der Waals surface area contributed by atoms with E-state index in [1.807, 2.05) is 0 Å². The first kappa shape index (κ1) is 23.6. The van der Waals surface area contributed by atoms with Gasteiger partial charge in [-0.15, -0.1) is 0 Å². The Kier molecular flexibility index (Phi) is 7.19. The quantitative estimate of drug-likeness (QED) is 0.339. The molecule has 0 bridgehead atoms. The maximum Gasteiger partial charge on any atom is 0.335 e. The zero-order valence-corrected chi connectivity index (χ0v) is 18.4. The Bertz CT molecular complexity index is 1130. The fourth-order valence-electron chi connectivity index (χ4n) is 2.78. The van der Waals surface area contributed by atoms with Crippen molar-refractivity contribution in [1.82, 2.24) is 10.7 Å². The van der Waals surface area contributed by atoms with E-state index in [4.69, 9.17) is 11.6 Å². The third-order valence-electron chi connectivity index (χ3n) is 4.62. The van der Waals surface area contributed by atoms with Crippen molar-refractivity contribution in [2.24, 2.45) is 16.9 Å². The highest BCUT2D eigenvalue weighted by Crippen LogP contribution is 2.22. The van der Waals surface area contributed by atoms with Crippen molar-refractivity contribution in [3.8, 4) is 0 Å². The summed E-state index contributed by atoms with van der Waals surface area (Å²) in [5.41, 5.74) is 3.23. The van der Waals surface area contributed by atoms with Crippen LogP contribution in [-0.2, 0) is 14.4 Å². The van der Waals surface area contributed by atoms with E-state index in [0.29, 0.717) is 10.7 Å². The van der Waals surface area contributed by atoms with Crippen molar-refractivity contribution in [1.29, 1.82) is 0 Å². The second-order valence-electron chi connectivity index (χ2n) is 7.36. The van der Waals surface area contributed by atoms with Gasteiger partial charge in [-0.2, -0.15) is 5.10 Å². The maximum absolute atomic E-state index is 12.7. The number of barbiturate groups is 1. The smallest absolute Gasteiger partial charge is 0.326 e. The number of benzene rings is 2. The standard InChI is InChI=1S/C22H20ClN5O5/c1-12(2)18(29)25-15-7-3-13(4-8-15)19(30)27-24-11-17-20(31)26-22(33)28(21(17)32)16-9-5-14(23)6-10-16/h3-12,17H,1-2H3,(H,25,29)(H,27,30)(H,26,31,33)/b24-11-/t17-/m1/s1. The number of carbonyl (C=O) groups is 5. The summed E-state index contributed by atoms with van der Waals surface area (Å²) in [5.74, 6) is -4.05. The summed E-state index contributed by atoms with van der Waals surface area (Å²) < 4.78 is 0. The molecule has 11 heteroatoms.